The Labute approximate surface area is 145 Å². The molecule has 0 spiro atoms. The van der Waals surface area contributed by atoms with E-state index in [1.807, 2.05) is 0 Å². The maximum Gasteiger partial charge on any atom is 0.373 e. The van der Waals surface area contributed by atoms with E-state index in [1.165, 1.54) is 30.6 Å². The predicted octanol–water partition coefficient (Wildman–Crippen LogP) is 3.41. The number of nitrogens with zero attached hydrogens (tertiary/aromatic N) is 3. The molecule has 130 valence electrons. The molecule has 1 aromatic heterocycles. The topological polar surface area (TPSA) is 66.3 Å². The summed E-state index contributed by atoms with van der Waals surface area (Å²) in [4.78, 5) is 19.9. The van der Waals surface area contributed by atoms with Crippen LogP contribution in [0.3, 0.4) is 0 Å². The Morgan fingerprint density at radius 1 is 1.32 bits per heavy atom. The van der Waals surface area contributed by atoms with Gasteiger partial charge in [0.1, 0.15) is 5.82 Å². The average molecular weight is 370 g/mol. The van der Waals surface area contributed by atoms with Crippen molar-refractivity contribution in [1.29, 1.82) is 0 Å². The Morgan fingerprint density at radius 2 is 2.00 bits per heavy atom. The van der Waals surface area contributed by atoms with E-state index in [0.29, 0.717) is 5.69 Å². The highest BCUT2D eigenvalue weighted by molar-refractivity contribution is 6.31. The zero-order chi connectivity index (χ0) is 17.9. The molecule has 2 fully saturated rings. The maximum absolute atomic E-state index is 14.0. The highest BCUT2D eigenvalue weighted by Crippen LogP contribution is 2.67. The molecule has 0 bridgehead atoms. The van der Waals surface area contributed by atoms with Crippen molar-refractivity contribution >= 4 is 23.3 Å². The lowest BCUT2D eigenvalue weighted by molar-refractivity contribution is 0.0683. The number of halogens is 4. The summed E-state index contributed by atoms with van der Waals surface area (Å²) >= 11 is 6.01. The van der Waals surface area contributed by atoms with Crippen LogP contribution in [-0.4, -0.2) is 33.5 Å². The number of carboxylic acids is 1. The van der Waals surface area contributed by atoms with Gasteiger partial charge in [-0.1, -0.05) is 23.7 Å². The molecule has 1 aromatic carbocycles. The van der Waals surface area contributed by atoms with Gasteiger partial charge in [0.25, 0.3) is 5.92 Å². The number of benzene rings is 1. The zero-order valence-corrected chi connectivity index (χ0v) is 13.3. The van der Waals surface area contributed by atoms with Crippen molar-refractivity contribution in [3.63, 3.8) is 0 Å². The summed E-state index contributed by atoms with van der Waals surface area (Å²) in [5.41, 5.74) is 0.659. The second-order valence-corrected chi connectivity index (χ2v) is 6.50. The van der Waals surface area contributed by atoms with Crippen molar-refractivity contribution in [3.05, 3.63) is 52.8 Å². The molecule has 0 unspecified atom stereocenters. The number of aromatic nitrogens is 2. The van der Waals surface area contributed by atoms with E-state index < -0.39 is 41.4 Å². The molecular weight excluding hydrogens is 359 g/mol. The number of piperidine rings is 1. The van der Waals surface area contributed by atoms with Crippen LogP contribution in [0.4, 0.5) is 18.9 Å². The third-order valence-corrected chi connectivity index (χ3v) is 5.19. The molecular formula is C16H11ClF3N3O2. The molecule has 4 rings (SSSR count). The molecule has 3 atom stereocenters. The minimum atomic E-state index is -2.83. The standard InChI is InChI=1S/C16H11ClF3N3O2/c17-12-8(2-1-3-10(12)18)13-11-9(16(11,19)20)6-23(13)7-4-21-14(15(24)25)22-5-7/h1-5,9,11,13H,6H2,(H,24,25)/t9-,11-,13-/m1/s1. The largest absolute Gasteiger partial charge is 0.475 e. The molecule has 1 saturated carbocycles. The monoisotopic (exact) mass is 369 g/mol. The first-order valence-corrected chi connectivity index (χ1v) is 7.84. The first kappa shape index (κ1) is 16.1. The zero-order valence-electron chi connectivity index (χ0n) is 12.5. The molecule has 1 N–H and O–H groups in total. The normalized spacial score (nSPS) is 26.4. The lowest BCUT2D eigenvalue weighted by Crippen LogP contribution is -2.31. The van der Waals surface area contributed by atoms with E-state index in [0.717, 1.165) is 0 Å². The van der Waals surface area contributed by atoms with Crippen LogP contribution >= 0.6 is 11.6 Å². The van der Waals surface area contributed by atoms with Crippen LogP contribution in [-0.2, 0) is 0 Å². The van der Waals surface area contributed by atoms with E-state index in [1.54, 1.807) is 4.90 Å². The molecule has 1 aliphatic heterocycles. The Balaban J connectivity index is 1.75. The summed E-state index contributed by atoms with van der Waals surface area (Å²) in [5.74, 6) is -7.03. The first-order chi connectivity index (χ1) is 11.8. The fourth-order valence-corrected chi connectivity index (χ4v) is 3.80. The van der Waals surface area contributed by atoms with Gasteiger partial charge in [-0.25, -0.2) is 27.9 Å². The van der Waals surface area contributed by atoms with Crippen LogP contribution in [0.1, 0.15) is 22.2 Å². The fraction of sp³-hybridized carbons (Fsp3) is 0.312. The van der Waals surface area contributed by atoms with E-state index in [-0.39, 0.29) is 17.1 Å². The molecule has 0 amide bonds. The molecule has 2 aromatic rings. The average Bonchev–Trinajstić information content (AvgIpc) is 2.94. The van der Waals surface area contributed by atoms with Gasteiger partial charge in [-0.3, -0.25) is 0 Å². The molecule has 1 saturated heterocycles. The number of alkyl halides is 2. The van der Waals surface area contributed by atoms with Gasteiger partial charge in [0.15, 0.2) is 0 Å². The van der Waals surface area contributed by atoms with Crippen LogP contribution in [0.5, 0.6) is 0 Å². The lowest BCUT2D eigenvalue weighted by atomic mass is 10.0. The van der Waals surface area contributed by atoms with E-state index in [9.17, 15) is 18.0 Å². The highest BCUT2D eigenvalue weighted by Gasteiger charge is 2.76. The summed E-state index contributed by atoms with van der Waals surface area (Å²) in [5, 5.41) is 8.67. The van der Waals surface area contributed by atoms with E-state index in [2.05, 4.69) is 9.97 Å². The van der Waals surface area contributed by atoms with Gasteiger partial charge in [-0.15, -0.1) is 0 Å². The van der Waals surface area contributed by atoms with Gasteiger partial charge in [-0.05, 0) is 11.6 Å². The summed E-state index contributed by atoms with van der Waals surface area (Å²) in [6.45, 7) is 0.0327. The number of hydrogen-bond acceptors (Lipinski definition) is 4. The number of carbonyl (C=O) groups is 1. The molecule has 1 aliphatic carbocycles. The van der Waals surface area contributed by atoms with Gasteiger partial charge in [-0.2, -0.15) is 0 Å². The minimum absolute atomic E-state index is 0.0327. The Hall–Kier alpha value is -2.35. The van der Waals surface area contributed by atoms with Gasteiger partial charge < -0.3 is 10.0 Å². The molecule has 2 heterocycles. The van der Waals surface area contributed by atoms with Crippen LogP contribution in [0, 0.1) is 17.7 Å². The second-order valence-electron chi connectivity index (χ2n) is 6.12. The first-order valence-electron chi connectivity index (χ1n) is 7.46. The van der Waals surface area contributed by atoms with Crippen LogP contribution < -0.4 is 4.90 Å². The molecule has 2 aliphatic rings. The number of rotatable bonds is 3. The van der Waals surface area contributed by atoms with Crippen molar-refractivity contribution in [3.8, 4) is 0 Å². The summed E-state index contributed by atoms with van der Waals surface area (Å²) in [6.07, 6.45) is 2.53. The van der Waals surface area contributed by atoms with Crippen molar-refractivity contribution in [2.45, 2.75) is 12.0 Å². The summed E-state index contributed by atoms with van der Waals surface area (Å²) < 4.78 is 41.8. The Morgan fingerprint density at radius 3 is 2.64 bits per heavy atom. The number of fused-ring (bicyclic) bond motifs is 1. The molecule has 9 heteroatoms. The van der Waals surface area contributed by atoms with Crippen LogP contribution in [0.2, 0.25) is 5.02 Å². The number of aromatic carboxylic acids is 1. The van der Waals surface area contributed by atoms with Crippen molar-refractivity contribution in [2.75, 3.05) is 11.4 Å². The molecule has 0 radical (unpaired) electrons. The minimum Gasteiger partial charge on any atom is -0.475 e. The van der Waals surface area contributed by atoms with E-state index >= 15 is 0 Å². The quantitative estimate of drug-likeness (QED) is 0.898. The number of carboxylic acid groups (broad SMARTS) is 1. The number of anilines is 1. The second kappa shape index (κ2) is 5.32. The fourth-order valence-electron chi connectivity index (χ4n) is 3.56. The third kappa shape index (κ3) is 2.35. The van der Waals surface area contributed by atoms with E-state index in [4.69, 9.17) is 16.7 Å². The van der Waals surface area contributed by atoms with Crippen LogP contribution in [0.15, 0.2) is 30.6 Å². The van der Waals surface area contributed by atoms with Crippen molar-refractivity contribution in [2.24, 2.45) is 11.8 Å². The Kier molecular flexibility index (Phi) is 3.44. The third-order valence-electron chi connectivity index (χ3n) is 4.79. The predicted molar refractivity (Wildman–Crippen MR) is 82.4 cm³/mol. The van der Waals surface area contributed by atoms with Crippen LogP contribution in [0.25, 0.3) is 0 Å². The van der Waals surface area contributed by atoms with Gasteiger partial charge in [0.05, 0.1) is 41.0 Å². The SMILES string of the molecule is O=C(O)c1ncc(N2C[C@@H]3[C@H]([C@H]2c2cccc(F)c2Cl)C3(F)F)cn1. The van der Waals surface area contributed by atoms with Gasteiger partial charge >= 0.3 is 5.97 Å². The van der Waals surface area contributed by atoms with Crippen molar-refractivity contribution in [1.82, 2.24) is 9.97 Å². The highest BCUT2D eigenvalue weighted by atomic mass is 35.5. The van der Waals surface area contributed by atoms with Gasteiger partial charge in [0.2, 0.25) is 5.82 Å². The molecule has 5 nitrogen and oxygen atoms in total. The lowest BCUT2D eigenvalue weighted by Gasteiger charge is -2.31. The smallest absolute Gasteiger partial charge is 0.373 e. The molecule has 25 heavy (non-hydrogen) atoms. The number of hydrogen-bond donors (Lipinski definition) is 1. The maximum atomic E-state index is 14.0. The van der Waals surface area contributed by atoms with Crippen molar-refractivity contribution < 1.29 is 23.1 Å². The van der Waals surface area contributed by atoms with Gasteiger partial charge in [0, 0.05) is 6.54 Å². The summed E-state index contributed by atoms with van der Waals surface area (Å²) in [7, 11) is 0. The Bertz CT molecular complexity index is 862. The summed E-state index contributed by atoms with van der Waals surface area (Å²) in [6, 6.07) is 3.28.